The van der Waals surface area contributed by atoms with Gasteiger partial charge in [0.2, 0.25) is 0 Å². The second kappa shape index (κ2) is 8.96. The molecule has 4 heteroatoms. The highest BCUT2D eigenvalue weighted by Crippen LogP contribution is 2.30. The van der Waals surface area contributed by atoms with E-state index >= 15 is 0 Å². The number of ether oxygens (including phenoxy) is 2. The number of rotatable bonds is 7. The van der Waals surface area contributed by atoms with Gasteiger partial charge in [0.25, 0.3) is 0 Å². The lowest BCUT2D eigenvalue weighted by atomic mass is 9.91. The second-order valence-electron chi connectivity index (χ2n) is 5.94. The standard InChI is InChI=1S/C17H27BO3/c1-12(2)16(17(19)20-4)15-11-14(7-5-6-9-18)13(3)8-10-21-15/h11-12,16H,5-10H2,1-4H3. The van der Waals surface area contributed by atoms with Crippen molar-refractivity contribution >= 4 is 13.8 Å². The lowest BCUT2D eigenvalue weighted by Crippen LogP contribution is -2.25. The van der Waals surface area contributed by atoms with Gasteiger partial charge in [0.1, 0.15) is 11.7 Å². The zero-order valence-corrected chi connectivity index (χ0v) is 13.8. The van der Waals surface area contributed by atoms with Crippen LogP contribution in [0.15, 0.2) is 23.0 Å². The highest BCUT2D eigenvalue weighted by molar-refractivity contribution is 6.08. The minimum Gasteiger partial charge on any atom is -0.497 e. The average Bonchev–Trinajstić information content (AvgIpc) is 2.61. The predicted molar refractivity (Wildman–Crippen MR) is 86.1 cm³/mol. The van der Waals surface area contributed by atoms with Gasteiger partial charge < -0.3 is 9.47 Å². The maximum absolute atomic E-state index is 12.0. The number of allylic oxidation sites excluding steroid dienone is 2. The summed E-state index contributed by atoms with van der Waals surface area (Å²) in [5, 5.41) is 0. The largest absolute Gasteiger partial charge is 0.497 e. The Morgan fingerprint density at radius 3 is 2.71 bits per heavy atom. The van der Waals surface area contributed by atoms with Crippen LogP contribution in [0.1, 0.15) is 46.5 Å². The van der Waals surface area contributed by atoms with Crippen LogP contribution in [0.2, 0.25) is 6.32 Å². The molecule has 1 unspecified atom stereocenters. The molecule has 1 aliphatic heterocycles. The first-order chi connectivity index (χ1) is 10.0. The number of esters is 1. The van der Waals surface area contributed by atoms with Crippen LogP contribution in [0.3, 0.4) is 0 Å². The van der Waals surface area contributed by atoms with Crippen molar-refractivity contribution in [3.8, 4) is 0 Å². The molecule has 1 heterocycles. The van der Waals surface area contributed by atoms with Crippen LogP contribution >= 0.6 is 0 Å². The summed E-state index contributed by atoms with van der Waals surface area (Å²) < 4.78 is 10.8. The lowest BCUT2D eigenvalue weighted by molar-refractivity contribution is -0.146. The molecule has 0 saturated heterocycles. The van der Waals surface area contributed by atoms with E-state index < -0.39 is 0 Å². The Kier molecular flexibility index (Phi) is 7.62. The summed E-state index contributed by atoms with van der Waals surface area (Å²) in [6.45, 7) is 6.80. The fourth-order valence-corrected chi connectivity index (χ4v) is 2.59. The predicted octanol–water partition coefficient (Wildman–Crippen LogP) is 3.81. The molecule has 0 aromatic heterocycles. The molecule has 0 aromatic carbocycles. The molecular weight excluding hydrogens is 263 g/mol. The van der Waals surface area contributed by atoms with E-state index in [-0.39, 0.29) is 17.8 Å². The molecule has 1 aliphatic rings. The van der Waals surface area contributed by atoms with Gasteiger partial charge in [-0.15, -0.1) is 0 Å². The molecule has 1 rings (SSSR count). The van der Waals surface area contributed by atoms with Crippen molar-refractivity contribution in [3.05, 3.63) is 23.0 Å². The maximum atomic E-state index is 12.0. The number of unbranched alkanes of at least 4 members (excludes halogenated alkanes) is 1. The van der Waals surface area contributed by atoms with Crippen LogP contribution in [0.25, 0.3) is 0 Å². The molecule has 0 spiro atoms. The molecule has 0 saturated carbocycles. The Balaban J connectivity index is 2.98. The van der Waals surface area contributed by atoms with Crippen LogP contribution in [-0.2, 0) is 14.3 Å². The minimum absolute atomic E-state index is 0.146. The average molecular weight is 290 g/mol. The number of hydrogen-bond acceptors (Lipinski definition) is 3. The van der Waals surface area contributed by atoms with Crippen molar-refractivity contribution in [1.29, 1.82) is 0 Å². The van der Waals surface area contributed by atoms with Gasteiger partial charge in [-0.2, -0.15) is 0 Å². The fourth-order valence-electron chi connectivity index (χ4n) is 2.59. The van der Waals surface area contributed by atoms with Gasteiger partial charge in [0, 0.05) is 6.42 Å². The monoisotopic (exact) mass is 290 g/mol. The Morgan fingerprint density at radius 2 is 2.14 bits per heavy atom. The highest BCUT2D eigenvalue weighted by Gasteiger charge is 2.29. The van der Waals surface area contributed by atoms with Crippen LogP contribution in [0.5, 0.6) is 0 Å². The van der Waals surface area contributed by atoms with Crippen LogP contribution < -0.4 is 0 Å². The third-order valence-corrected chi connectivity index (χ3v) is 3.94. The Morgan fingerprint density at radius 1 is 1.43 bits per heavy atom. The van der Waals surface area contributed by atoms with Crippen molar-refractivity contribution in [2.75, 3.05) is 13.7 Å². The van der Waals surface area contributed by atoms with E-state index in [1.54, 1.807) is 0 Å². The molecule has 116 valence electrons. The summed E-state index contributed by atoms with van der Waals surface area (Å²) in [5.41, 5.74) is 2.62. The van der Waals surface area contributed by atoms with E-state index in [9.17, 15) is 4.79 Å². The van der Waals surface area contributed by atoms with Gasteiger partial charge in [-0.25, -0.2) is 0 Å². The Labute approximate surface area is 130 Å². The molecule has 0 N–H and O–H groups in total. The van der Waals surface area contributed by atoms with Crippen molar-refractivity contribution in [2.45, 2.75) is 52.8 Å². The molecule has 2 radical (unpaired) electrons. The van der Waals surface area contributed by atoms with Crippen LogP contribution in [-0.4, -0.2) is 27.5 Å². The third kappa shape index (κ3) is 5.26. The van der Waals surface area contributed by atoms with E-state index in [0.717, 1.165) is 37.8 Å². The first-order valence-electron chi connectivity index (χ1n) is 7.82. The molecule has 0 aliphatic carbocycles. The van der Waals surface area contributed by atoms with E-state index in [1.165, 1.54) is 18.3 Å². The molecule has 21 heavy (non-hydrogen) atoms. The molecular formula is C17H27BO3. The normalized spacial score (nSPS) is 17.1. The summed E-state index contributed by atoms with van der Waals surface area (Å²) in [6.07, 6.45) is 6.76. The van der Waals surface area contributed by atoms with E-state index in [1.807, 2.05) is 13.8 Å². The zero-order valence-electron chi connectivity index (χ0n) is 13.8. The number of methoxy groups -OCH3 is 1. The van der Waals surface area contributed by atoms with Gasteiger partial charge in [0.15, 0.2) is 0 Å². The van der Waals surface area contributed by atoms with Crippen molar-refractivity contribution in [2.24, 2.45) is 11.8 Å². The van der Waals surface area contributed by atoms with Crippen LogP contribution in [0.4, 0.5) is 0 Å². The van der Waals surface area contributed by atoms with Crippen molar-refractivity contribution in [3.63, 3.8) is 0 Å². The summed E-state index contributed by atoms with van der Waals surface area (Å²) in [7, 11) is 6.99. The molecule has 0 fully saturated rings. The third-order valence-electron chi connectivity index (χ3n) is 3.94. The SMILES string of the molecule is [B]CCCCC1=C(C)CCOC(C(C(=O)OC)C(C)C)=C1. The first kappa shape index (κ1) is 17.9. The van der Waals surface area contributed by atoms with Gasteiger partial charge in [0.05, 0.1) is 21.6 Å². The van der Waals surface area contributed by atoms with Crippen LogP contribution in [0, 0.1) is 11.8 Å². The smallest absolute Gasteiger partial charge is 0.316 e. The molecule has 1 atom stereocenters. The fraction of sp³-hybridized carbons (Fsp3) is 0.706. The van der Waals surface area contributed by atoms with E-state index in [2.05, 4.69) is 13.0 Å². The quantitative estimate of drug-likeness (QED) is 0.406. The van der Waals surface area contributed by atoms with E-state index in [4.69, 9.17) is 17.3 Å². The van der Waals surface area contributed by atoms with Gasteiger partial charge in [-0.1, -0.05) is 32.2 Å². The Bertz CT molecular complexity index is 410. The number of carbonyl (C=O) groups excluding carboxylic acids is 1. The van der Waals surface area contributed by atoms with Crippen molar-refractivity contribution in [1.82, 2.24) is 0 Å². The second-order valence-corrected chi connectivity index (χ2v) is 5.94. The minimum atomic E-state index is -0.328. The highest BCUT2D eigenvalue weighted by atomic mass is 16.5. The number of hydrogen-bond donors (Lipinski definition) is 0. The zero-order chi connectivity index (χ0) is 15.8. The molecule has 0 aromatic rings. The number of carbonyl (C=O) groups is 1. The van der Waals surface area contributed by atoms with Gasteiger partial charge >= 0.3 is 5.97 Å². The summed E-state index contributed by atoms with van der Waals surface area (Å²) >= 11 is 0. The van der Waals surface area contributed by atoms with E-state index in [0.29, 0.717) is 6.61 Å². The van der Waals surface area contributed by atoms with Gasteiger partial charge in [-0.3, -0.25) is 4.79 Å². The first-order valence-corrected chi connectivity index (χ1v) is 7.82. The summed E-state index contributed by atoms with van der Waals surface area (Å²) in [5.74, 6) is 0.339. The Hall–Kier alpha value is -1.19. The summed E-state index contributed by atoms with van der Waals surface area (Å²) in [4.78, 5) is 12.0. The maximum Gasteiger partial charge on any atom is 0.316 e. The molecule has 0 amide bonds. The lowest BCUT2D eigenvalue weighted by Gasteiger charge is -2.21. The van der Waals surface area contributed by atoms with Gasteiger partial charge in [-0.05, 0) is 37.3 Å². The topological polar surface area (TPSA) is 35.5 Å². The summed E-state index contributed by atoms with van der Waals surface area (Å²) in [6, 6.07) is 0. The molecule has 0 bridgehead atoms. The molecule has 3 nitrogen and oxygen atoms in total. The van der Waals surface area contributed by atoms with Crippen molar-refractivity contribution < 1.29 is 14.3 Å².